The summed E-state index contributed by atoms with van der Waals surface area (Å²) >= 11 is 0. The average Bonchev–Trinajstić information content (AvgIpc) is 2.46. The standard InChI is InChI=1S/C14H10N2O5/c17-13-7-2-10(3-8-13)1-4-11-5-6-12(15(18)19)9-14(11)16(20)21/h1-9,17H. The molecule has 0 aromatic heterocycles. The summed E-state index contributed by atoms with van der Waals surface area (Å²) in [6.07, 6.45) is 3.11. The summed E-state index contributed by atoms with van der Waals surface area (Å²) in [6, 6.07) is 9.73. The molecule has 0 aliphatic rings. The Morgan fingerprint density at radius 2 is 1.57 bits per heavy atom. The van der Waals surface area contributed by atoms with Crippen LogP contribution in [0, 0.1) is 20.2 Å². The van der Waals surface area contributed by atoms with Crippen LogP contribution in [0.1, 0.15) is 11.1 Å². The first kappa shape index (κ1) is 14.2. The Bertz CT molecular complexity index is 723. The molecule has 0 atom stereocenters. The van der Waals surface area contributed by atoms with Crippen LogP contribution in [0.2, 0.25) is 0 Å². The minimum Gasteiger partial charge on any atom is -0.508 e. The fourth-order valence-electron chi connectivity index (χ4n) is 1.72. The van der Waals surface area contributed by atoms with E-state index in [1.54, 1.807) is 18.2 Å². The molecule has 0 amide bonds. The molecule has 106 valence electrons. The lowest BCUT2D eigenvalue weighted by molar-refractivity contribution is -0.394. The van der Waals surface area contributed by atoms with Gasteiger partial charge in [-0.3, -0.25) is 20.2 Å². The van der Waals surface area contributed by atoms with Gasteiger partial charge in [0.25, 0.3) is 11.4 Å². The minimum absolute atomic E-state index is 0.119. The highest BCUT2D eigenvalue weighted by Crippen LogP contribution is 2.26. The number of aromatic hydroxyl groups is 1. The van der Waals surface area contributed by atoms with Crippen LogP contribution < -0.4 is 0 Å². The van der Waals surface area contributed by atoms with E-state index in [9.17, 15) is 20.2 Å². The van der Waals surface area contributed by atoms with Crippen molar-refractivity contribution in [2.24, 2.45) is 0 Å². The SMILES string of the molecule is O=[N+]([O-])c1ccc(C=Cc2ccc(O)cc2)c([N+](=O)[O-])c1. The minimum atomic E-state index is -0.680. The molecule has 0 aliphatic carbocycles. The molecule has 2 aromatic carbocycles. The Morgan fingerprint density at radius 1 is 0.905 bits per heavy atom. The van der Waals surface area contributed by atoms with E-state index < -0.39 is 9.85 Å². The Morgan fingerprint density at radius 3 is 2.14 bits per heavy atom. The molecule has 0 fully saturated rings. The lowest BCUT2D eigenvalue weighted by Gasteiger charge is -1.98. The van der Waals surface area contributed by atoms with Crippen molar-refractivity contribution in [3.05, 3.63) is 73.8 Å². The number of non-ortho nitro benzene ring substituents is 1. The normalized spacial score (nSPS) is 10.7. The van der Waals surface area contributed by atoms with Gasteiger partial charge in [-0.15, -0.1) is 0 Å². The maximum atomic E-state index is 11.0. The van der Waals surface area contributed by atoms with Gasteiger partial charge in [0.15, 0.2) is 0 Å². The van der Waals surface area contributed by atoms with Crippen molar-refractivity contribution < 1.29 is 15.0 Å². The van der Waals surface area contributed by atoms with E-state index in [0.29, 0.717) is 0 Å². The van der Waals surface area contributed by atoms with Gasteiger partial charge in [-0.05, 0) is 29.8 Å². The Hall–Kier alpha value is -3.22. The van der Waals surface area contributed by atoms with Gasteiger partial charge in [0.1, 0.15) is 5.75 Å². The van der Waals surface area contributed by atoms with Crippen molar-refractivity contribution >= 4 is 23.5 Å². The third-order valence-electron chi connectivity index (χ3n) is 2.77. The quantitative estimate of drug-likeness (QED) is 0.526. The van der Waals surface area contributed by atoms with Crippen LogP contribution in [-0.2, 0) is 0 Å². The van der Waals surface area contributed by atoms with Crippen molar-refractivity contribution in [2.75, 3.05) is 0 Å². The zero-order chi connectivity index (χ0) is 15.4. The molecule has 0 bridgehead atoms. The van der Waals surface area contributed by atoms with Crippen LogP contribution >= 0.6 is 0 Å². The lowest BCUT2D eigenvalue weighted by atomic mass is 10.1. The first-order chi connectivity index (χ1) is 9.97. The predicted octanol–water partition coefficient (Wildman–Crippen LogP) is 3.38. The van der Waals surface area contributed by atoms with Gasteiger partial charge in [-0.1, -0.05) is 18.2 Å². The number of benzene rings is 2. The van der Waals surface area contributed by atoms with E-state index in [0.717, 1.165) is 11.6 Å². The Balaban J connectivity index is 2.37. The van der Waals surface area contributed by atoms with Gasteiger partial charge in [-0.25, -0.2) is 0 Å². The second-order valence-corrected chi connectivity index (χ2v) is 4.18. The van der Waals surface area contributed by atoms with Crippen LogP contribution in [0.3, 0.4) is 0 Å². The molecule has 1 N–H and O–H groups in total. The van der Waals surface area contributed by atoms with Crippen LogP contribution in [-0.4, -0.2) is 15.0 Å². The predicted molar refractivity (Wildman–Crippen MR) is 76.8 cm³/mol. The number of phenols is 1. The number of phenolic OH excluding ortho intramolecular Hbond substituents is 1. The number of nitrogens with zero attached hydrogens (tertiary/aromatic N) is 2. The average molecular weight is 286 g/mol. The molecule has 0 radical (unpaired) electrons. The Labute approximate surface area is 119 Å². The maximum Gasteiger partial charge on any atom is 0.283 e. The van der Waals surface area contributed by atoms with Crippen LogP contribution in [0.25, 0.3) is 12.2 Å². The fourth-order valence-corrected chi connectivity index (χ4v) is 1.72. The van der Waals surface area contributed by atoms with Crippen LogP contribution in [0.5, 0.6) is 5.75 Å². The third kappa shape index (κ3) is 3.41. The molecule has 0 aliphatic heterocycles. The van der Waals surface area contributed by atoms with E-state index in [4.69, 9.17) is 5.11 Å². The van der Waals surface area contributed by atoms with E-state index in [-0.39, 0.29) is 22.7 Å². The van der Waals surface area contributed by atoms with Crippen molar-refractivity contribution in [1.82, 2.24) is 0 Å². The number of nitro groups is 2. The number of nitro benzene ring substituents is 2. The van der Waals surface area contributed by atoms with Gasteiger partial charge in [0.2, 0.25) is 0 Å². The number of rotatable bonds is 4. The van der Waals surface area contributed by atoms with E-state index in [1.807, 2.05) is 0 Å². The van der Waals surface area contributed by atoms with E-state index >= 15 is 0 Å². The first-order valence-electron chi connectivity index (χ1n) is 5.87. The molecule has 7 heteroatoms. The smallest absolute Gasteiger partial charge is 0.283 e. The van der Waals surface area contributed by atoms with Gasteiger partial charge in [0.05, 0.1) is 21.5 Å². The zero-order valence-electron chi connectivity index (χ0n) is 10.7. The monoisotopic (exact) mass is 286 g/mol. The van der Waals surface area contributed by atoms with Gasteiger partial charge in [-0.2, -0.15) is 0 Å². The highest BCUT2D eigenvalue weighted by atomic mass is 16.6. The summed E-state index contributed by atoms with van der Waals surface area (Å²) in [5, 5.41) is 30.8. The summed E-state index contributed by atoms with van der Waals surface area (Å²) in [5.74, 6) is 0.119. The molecular formula is C14H10N2O5. The molecule has 2 rings (SSSR count). The van der Waals surface area contributed by atoms with Crippen molar-refractivity contribution in [3.8, 4) is 5.75 Å². The van der Waals surface area contributed by atoms with Crippen LogP contribution in [0.15, 0.2) is 42.5 Å². The van der Waals surface area contributed by atoms with Crippen molar-refractivity contribution in [1.29, 1.82) is 0 Å². The molecule has 21 heavy (non-hydrogen) atoms. The number of hydrogen-bond donors (Lipinski definition) is 1. The largest absolute Gasteiger partial charge is 0.508 e. The van der Waals surface area contributed by atoms with Gasteiger partial charge < -0.3 is 5.11 Å². The molecule has 0 heterocycles. The summed E-state index contributed by atoms with van der Waals surface area (Å²) < 4.78 is 0. The molecule has 0 unspecified atom stereocenters. The summed E-state index contributed by atoms with van der Waals surface area (Å²) in [4.78, 5) is 20.3. The second-order valence-electron chi connectivity index (χ2n) is 4.18. The van der Waals surface area contributed by atoms with E-state index in [1.165, 1.54) is 30.3 Å². The highest BCUT2D eigenvalue weighted by molar-refractivity contribution is 5.75. The zero-order valence-corrected chi connectivity index (χ0v) is 10.7. The van der Waals surface area contributed by atoms with Gasteiger partial charge >= 0.3 is 0 Å². The van der Waals surface area contributed by atoms with Crippen molar-refractivity contribution in [3.63, 3.8) is 0 Å². The second kappa shape index (κ2) is 5.83. The first-order valence-corrected chi connectivity index (χ1v) is 5.87. The summed E-state index contributed by atoms with van der Waals surface area (Å²) in [5.41, 5.74) is 0.335. The van der Waals surface area contributed by atoms with Crippen LogP contribution in [0.4, 0.5) is 11.4 Å². The van der Waals surface area contributed by atoms with Crippen molar-refractivity contribution in [2.45, 2.75) is 0 Å². The lowest BCUT2D eigenvalue weighted by Crippen LogP contribution is -1.94. The fraction of sp³-hybridized carbons (Fsp3) is 0. The molecule has 2 aromatic rings. The topological polar surface area (TPSA) is 107 Å². The summed E-state index contributed by atoms with van der Waals surface area (Å²) in [7, 11) is 0. The third-order valence-corrected chi connectivity index (χ3v) is 2.77. The maximum absolute atomic E-state index is 11.0. The Kier molecular flexibility index (Phi) is 3.94. The molecule has 7 nitrogen and oxygen atoms in total. The van der Waals surface area contributed by atoms with E-state index in [2.05, 4.69) is 0 Å². The van der Waals surface area contributed by atoms with Gasteiger partial charge in [0, 0.05) is 6.07 Å². The molecule has 0 saturated carbocycles. The molecule has 0 saturated heterocycles. The highest BCUT2D eigenvalue weighted by Gasteiger charge is 2.17. The molecule has 0 spiro atoms. The summed E-state index contributed by atoms with van der Waals surface area (Å²) in [6.45, 7) is 0. The number of hydrogen-bond acceptors (Lipinski definition) is 5. The molecular weight excluding hydrogens is 276 g/mol.